The van der Waals surface area contributed by atoms with E-state index < -0.39 is 17.2 Å². The quantitative estimate of drug-likeness (QED) is 0.457. The highest BCUT2D eigenvalue weighted by molar-refractivity contribution is 6.35. The van der Waals surface area contributed by atoms with Crippen molar-refractivity contribution in [2.45, 2.75) is 18.4 Å². The largest absolute Gasteiger partial charge is 0.507 e. The summed E-state index contributed by atoms with van der Waals surface area (Å²) < 4.78 is 16.8. The average Bonchev–Trinajstić information content (AvgIpc) is 3.03. The van der Waals surface area contributed by atoms with Crippen molar-refractivity contribution < 1.29 is 33.7 Å². The summed E-state index contributed by atoms with van der Waals surface area (Å²) in [7, 11) is 1.46. The SMILES string of the molecule is COCOc1c(Cl)cc2c3c(ccc(O)c13)OC21CCC(=O)C2=C1C(=O)C=CC2=O. The molecule has 2 aliphatic carbocycles. The van der Waals surface area contributed by atoms with Crippen molar-refractivity contribution in [1.82, 2.24) is 0 Å². The van der Waals surface area contributed by atoms with Crippen molar-refractivity contribution in [1.29, 1.82) is 0 Å². The van der Waals surface area contributed by atoms with Crippen molar-refractivity contribution in [3.63, 3.8) is 0 Å². The number of phenols is 1. The monoisotopic (exact) mass is 426 g/mol. The maximum atomic E-state index is 12.9. The highest BCUT2D eigenvalue weighted by atomic mass is 35.5. The Morgan fingerprint density at radius 2 is 1.93 bits per heavy atom. The summed E-state index contributed by atoms with van der Waals surface area (Å²) in [6.07, 6.45) is 2.46. The molecule has 0 aromatic heterocycles. The molecule has 0 fully saturated rings. The number of phenolic OH excluding ortho intramolecular Hbond substituents is 1. The van der Waals surface area contributed by atoms with Crippen LogP contribution in [-0.2, 0) is 24.7 Å². The fraction of sp³-hybridized carbons (Fsp3) is 0.227. The van der Waals surface area contributed by atoms with Gasteiger partial charge in [0.2, 0.25) is 0 Å². The van der Waals surface area contributed by atoms with E-state index in [1.165, 1.54) is 13.2 Å². The Bertz CT molecular complexity index is 1240. The molecular weight excluding hydrogens is 412 g/mol. The fourth-order valence-electron chi connectivity index (χ4n) is 4.51. The van der Waals surface area contributed by atoms with E-state index in [4.69, 9.17) is 25.8 Å². The first-order chi connectivity index (χ1) is 14.4. The fourth-order valence-corrected chi connectivity index (χ4v) is 4.77. The first-order valence-electron chi connectivity index (χ1n) is 9.23. The summed E-state index contributed by atoms with van der Waals surface area (Å²) in [5, 5.41) is 11.6. The van der Waals surface area contributed by atoms with E-state index in [0.717, 1.165) is 12.2 Å². The van der Waals surface area contributed by atoms with Gasteiger partial charge in [0.15, 0.2) is 35.5 Å². The molecule has 1 aliphatic heterocycles. The number of methoxy groups -OCH3 is 1. The number of Topliss-reactive ketones (excluding diaryl/α,β-unsaturated/α-hetero) is 1. The zero-order valence-electron chi connectivity index (χ0n) is 15.8. The lowest BCUT2D eigenvalue weighted by atomic mass is 9.70. The van der Waals surface area contributed by atoms with Crippen LogP contribution in [0.3, 0.4) is 0 Å². The topological polar surface area (TPSA) is 99.1 Å². The first-order valence-corrected chi connectivity index (χ1v) is 9.61. The molecule has 1 atom stereocenters. The van der Waals surface area contributed by atoms with Crippen LogP contribution in [0.1, 0.15) is 18.4 Å². The second kappa shape index (κ2) is 6.42. The van der Waals surface area contributed by atoms with Crippen molar-refractivity contribution in [2.75, 3.05) is 13.9 Å². The number of benzene rings is 2. The number of halogens is 1. The highest BCUT2D eigenvalue weighted by Gasteiger charge is 2.54. The summed E-state index contributed by atoms with van der Waals surface area (Å²) in [6.45, 7) is -0.0918. The minimum Gasteiger partial charge on any atom is -0.507 e. The van der Waals surface area contributed by atoms with E-state index in [1.54, 1.807) is 12.1 Å². The van der Waals surface area contributed by atoms with Gasteiger partial charge in [-0.05, 0) is 30.4 Å². The van der Waals surface area contributed by atoms with Gasteiger partial charge in [-0.25, -0.2) is 0 Å². The zero-order chi connectivity index (χ0) is 21.2. The Morgan fingerprint density at radius 1 is 1.17 bits per heavy atom. The van der Waals surface area contributed by atoms with Crippen LogP contribution < -0.4 is 9.47 Å². The Morgan fingerprint density at radius 3 is 2.70 bits per heavy atom. The molecule has 1 heterocycles. The molecule has 2 aromatic carbocycles. The molecule has 0 bridgehead atoms. The van der Waals surface area contributed by atoms with Gasteiger partial charge < -0.3 is 19.3 Å². The molecule has 3 aliphatic rings. The van der Waals surface area contributed by atoms with E-state index in [2.05, 4.69) is 0 Å². The van der Waals surface area contributed by atoms with E-state index in [9.17, 15) is 19.5 Å². The number of carbonyl (C=O) groups excluding carboxylic acids is 3. The first kappa shape index (κ1) is 18.8. The Balaban J connectivity index is 1.84. The van der Waals surface area contributed by atoms with E-state index in [1.807, 2.05) is 0 Å². The molecule has 30 heavy (non-hydrogen) atoms. The molecule has 0 amide bonds. The number of ketones is 3. The molecule has 1 unspecified atom stereocenters. The predicted molar refractivity (Wildman–Crippen MR) is 106 cm³/mol. The molecule has 5 rings (SSSR count). The average molecular weight is 427 g/mol. The third-order valence-electron chi connectivity index (χ3n) is 5.69. The van der Waals surface area contributed by atoms with Crippen LogP contribution in [0.2, 0.25) is 5.02 Å². The van der Waals surface area contributed by atoms with Crippen LogP contribution in [0.15, 0.2) is 41.5 Å². The van der Waals surface area contributed by atoms with Crippen molar-refractivity contribution in [3.05, 3.63) is 52.1 Å². The number of allylic oxidation sites excluding steroid dienone is 3. The van der Waals surface area contributed by atoms with Gasteiger partial charge in [0.05, 0.1) is 21.6 Å². The minimum atomic E-state index is -1.35. The molecule has 152 valence electrons. The van der Waals surface area contributed by atoms with Gasteiger partial charge in [-0.3, -0.25) is 14.4 Å². The minimum absolute atomic E-state index is 0.0184. The number of hydrogen-bond donors (Lipinski definition) is 1. The molecule has 0 saturated carbocycles. The Labute approximate surface area is 175 Å². The Hall–Kier alpha value is -3.16. The van der Waals surface area contributed by atoms with E-state index in [-0.39, 0.29) is 53.1 Å². The summed E-state index contributed by atoms with van der Waals surface area (Å²) >= 11 is 6.49. The molecule has 0 saturated heterocycles. The van der Waals surface area contributed by atoms with Crippen LogP contribution in [0.25, 0.3) is 10.8 Å². The van der Waals surface area contributed by atoms with Crippen molar-refractivity contribution >= 4 is 39.7 Å². The molecule has 0 radical (unpaired) electrons. The Kier molecular flexibility index (Phi) is 4.03. The highest BCUT2D eigenvalue weighted by Crippen LogP contribution is 2.58. The number of carbonyl (C=O) groups is 3. The summed E-state index contributed by atoms with van der Waals surface area (Å²) in [5.41, 5.74) is -0.965. The number of aromatic hydroxyl groups is 1. The third kappa shape index (κ3) is 2.33. The number of ether oxygens (including phenoxy) is 3. The zero-order valence-corrected chi connectivity index (χ0v) is 16.5. The van der Waals surface area contributed by atoms with Crippen LogP contribution in [-0.4, -0.2) is 36.4 Å². The maximum Gasteiger partial charge on any atom is 0.190 e. The lowest BCUT2D eigenvalue weighted by Crippen LogP contribution is -2.43. The van der Waals surface area contributed by atoms with Gasteiger partial charge in [0.1, 0.15) is 11.5 Å². The van der Waals surface area contributed by atoms with E-state index in [0.29, 0.717) is 22.1 Å². The van der Waals surface area contributed by atoms with Crippen LogP contribution >= 0.6 is 11.6 Å². The van der Waals surface area contributed by atoms with Gasteiger partial charge in [-0.15, -0.1) is 0 Å². The number of rotatable bonds is 3. The van der Waals surface area contributed by atoms with Crippen molar-refractivity contribution in [2.24, 2.45) is 0 Å². The van der Waals surface area contributed by atoms with Gasteiger partial charge in [0, 0.05) is 30.9 Å². The molecule has 7 nitrogen and oxygen atoms in total. The third-order valence-corrected chi connectivity index (χ3v) is 5.97. The van der Waals surface area contributed by atoms with Gasteiger partial charge >= 0.3 is 0 Å². The van der Waals surface area contributed by atoms with Crippen LogP contribution in [0, 0.1) is 0 Å². The van der Waals surface area contributed by atoms with Crippen molar-refractivity contribution in [3.8, 4) is 17.2 Å². The van der Waals surface area contributed by atoms with Crippen LogP contribution in [0.4, 0.5) is 0 Å². The summed E-state index contributed by atoms with van der Waals surface area (Å²) in [4.78, 5) is 37.8. The summed E-state index contributed by atoms with van der Waals surface area (Å²) in [5.74, 6) is -0.839. The molecule has 8 heteroatoms. The predicted octanol–water partition coefficient (Wildman–Crippen LogP) is 3.14. The van der Waals surface area contributed by atoms with Gasteiger partial charge in [0.25, 0.3) is 0 Å². The molecule has 1 spiro atoms. The normalized spacial score (nSPS) is 22.1. The van der Waals surface area contributed by atoms with Crippen LogP contribution in [0.5, 0.6) is 17.2 Å². The molecular formula is C22H15ClO7. The van der Waals surface area contributed by atoms with E-state index >= 15 is 0 Å². The molecule has 1 N–H and O–H groups in total. The maximum absolute atomic E-state index is 12.9. The lowest BCUT2D eigenvalue weighted by Gasteiger charge is -2.37. The summed E-state index contributed by atoms with van der Waals surface area (Å²) in [6, 6.07) is 4.61. The molecule has 2 aromatic rings. The van der Waals surface area contributed by atoms with Gasteiger partial charge in [-0.2, -0.15) is 0 Å². The second-order valence-corrected chi connectivity index (χ2v) is 7.69. The second-order valence-electron chi connectivity index (χ2n) is 7.28. The number of hydrogen-bond acceptors (Lipinski definition) is 7. The smallest absolute Gasteiger partial charge is 0.190 e. The van der Waals surface area contributed by atoms with Gasteiger partial charge in [-0.1, -0.05) is 11.6 Å². The number of fused-ring (bicyclic) bond motifs is 2. The lowest BCUT2D eigenvalue weighted by molar-refractivity contribution is -0.124. The standard InChI is InChI=1S/C22H15ClO7/c1-28-9-29-21-11(23)8-10-17-16(5-4-13(25)19(17)21)30-22(10)7-6-14(26)18-12(24)2-3-15(27)20(18)22/h2-5,8,25H,6-7,9H2,1H3.